The third-order valence-corrected chi connectivity index (χ3v) is 3.45. The van der Waals surface area contributed by atoms with Gasteiger partial charge in [-0.2, -0.15) is 0 Å². The van der Waals surface area contributed by atoms with Gasteiger partial charge in [0.05, 0.1) is 7.11 Å². The zero-order valence-corrected chi connectivity index (χ0v) is 11.9. The predicted octanol–water partition coefficient (Wildman–Crippen LogP) is 0.925. The zero-order chi connectivity index (χ0) is 14.5. The summed E-state index contributed by atoms with van der Waals surface area (Å²) in [5, 5.41) is 6.71. The molecule has 0 bridgehead atoms. The van der Waals surface area contributed by atoms with Gasteiger partial charge in [0.1, 0.15) is 11.9 Å². The summed E-state index contributed by atoms with van der Waals surface area (Å²) in [6.07, 6.45) is 4.10. The normalized spacial score (nSPS) is 18.9. The first-order valence-corrected chi connectivity index (χ1v) is 6.97. The van der Waals surface area contributed by atoms with Gasteiger partial charge in [0.25, 0.3) is 5.91 Å². The molecule has 1 atom stereocenters. The van der Waals surface area contributed by atoms with E-state index in [4.69, 9.17) is 4.74 Å². The van der Waals surface area contributed by atoms with Crippen LogP contribution in [-0.2, 0) is 16.0 Å². The number of piperidine rings is 1. The third kappa shape index (κ3) is 2.97. The lowest BCUT2D eigenvalue weighted by molar-refractivity contribution is -0.147. The van der Waals surface area contributed by atoms with Crippen molar-refractivity contribution in [2.24, 2.45) is 0 Å². The monoisotopic (exact) mass is 280 g/mol. The number of nitrogens with zero attached hydrogens (tertiary/aromatic N) is 3. The number of esters is 1. The second-order valence-electron chi connectivity index (χ2n) is 4.89. The highest BCUT2D eigenvalue weighted by Gasteiger charge is 2.34. The van der Waals surface area contributed by atoms with Crippen LogP contribution in [0, 0.1) is 0 Å². The van der Waals surface area contributed by atoms with Crippen molar-refractivity contribution in [3.63, 3.8) is 0 Å². The maximum atomic E-state index is 12.4. The van der Waals surface area contributed by atoms with Gasteiger partial charge in [-0.05, 0) is 25.7 Å². The minimum Gasteiger partial charge on any atom is -0.467 e. The molecular formula is C13H20N4O3. The van der Waals surface area contributed by atoms with E-state index in [0.717, 1.165) is 25.7 Å². The lowest BCUT2D eigenvalue weighted by Gasteiger charge is -2.32. The van der Waals surface area contributed by atoms with Crippen LogP contribution in [-0.4, -0.2) is 51.7 Å². The maximum Gasteiger partial charge on any atom is 0.328 e. The van der Waals surface area contributed by atoms with Gasteiger partial charge in [0.15, 0.2) is 0 Å². The van der Waals surface area contributed by atoms with Gasteiger partial charge in [0, 0.05) is 13.0 Å². The quantitative estimate of drug-likeness (QED) is 0.829. The highest BCUT2D eigenvalue weighted by molar-refractivity contribution is 5.93. The molecule has 1 aliphatic heterocycles. The molecular weight excluding hydrogens is 260 g/mol. The van der Waals surface area contributed by atoms with Crippen molar-refractivity contribution >= 4 is 11.9 Å². The fourth-order valence-corrected chi connectivity index (χ4v) is 2.42. The summed E-state index contributed by atoms with van der Waals surface area (Å²) in [6, 6.07) is -0.519. The van der Waals surface area contributed by atoms with Crippen molar-refractivity contribution in [3.05, 3.63) is 11.6 Å². The molecule has 2 heterocycles. The summed E-state index contributed by atoms with van der Waals surface area (Å²) >= 11 is 0. The van der Waals surface area contributed by atoms with E-state index in [1.165, 1.54) is 12.0 Å². The number of aryl methyl sites for hydroxylation is 1. The summed E-state index contributed by atoms with van der Waals surface area (Å²) in [4.78, 5) is 29.9. The van der Waals surface area contributed by atoms with E-state index >= 15 is 0 Å². The number of hydrogen-bond donors (Lipinski definition) is 1. The van der Waals surface area contributed by atoms with Crippen molar-refractivity contribution in [2.45, 2.75) is 45.1 Å². The van der Waals surface area contributed by atoms with Crippen molar-refractivity contribution in [1.82, 2.24) is 20.1 Å². The Kier molecular flexibility index (Phi) is 4.70. The number of carbonyl (C=O) groups excluding carboxylic acids is 2. The topological polar surface area (TPSA) is 88.2 Å². The van der Waals surface area contributed by atoms with Crippen LogP contribution in [0.2, 0.25) is 0 Å². The molecule has 20 heavy (non-hydrogen) atoms. The maximum absolute atomic E-state index is 12.4. The van der Waals surface area contributed by atoms with Gasteiger partial charge in [0.2, 0.25) is 5.82 Å². The molecule has 2 rings (SSSR count). The SMILES string of the molecule is CCCc1nc(C(=O)N2CCCCC2C(=O)OC)n[nH]1. The summed E-state index contributed by atoms with van der Waals surface area (Å²) in [7, 11) is 1.34. The fraction of sp³-hybridized carbons (Fsp3) is 0.692. The van der Waals surface area contributed by atoms with Gasteiger partial charge in [-0.3, -0.25) is 9.89 Å². The van der Waals surface area contributed by atoms with Gasteiger partial charge < -0.3 is 9.64 Å². The van der Waals surface area contributed by atoms with Gasteiger partial charge in [-0.15, -0.1) is 5.10 Å². The summed E-state index contributed by atoms with van der Waals surface area (Å²) < 4.78 is 4.77. The van der Waals surface area contributed by atoms with Crippen LogP contribution < -0.4 is 0 Å². The number of H-pyrrole nitrogens is 1. The minimum absolute atomic E-state index is 0.129. The molecule has 7 nitrogen and oxygen atoms in total. The van der Waals surface area contributed by atoms with E-state index in [1.807, 2.05) is 6.92 Å². The summed E-state index contributed by atoms with van der Waals surface area (Å²) in [5.74, 6) is 0.146. The van der Waals surface area contributed by atoms with Crippen molar-refractivity contribution in [1.29, 1.82) is 0 Å². The molecule has 1 saturated heterocycles. The van der Waals surface area contributed by atoms with Crippen LogP contribution in [0.1, 0.15) is 49.1 Å². The highest BCUT2D eigenvalue weighted by Crippen LogP contribution is 2.19. The molecule has 7 heteroatoms. The first-order chi connectivity index (χ1) is 9.67. The number of nitrogens with one attached hydrogen (secondary N) is 1. The number of likely N-dealkylation sites (tertiary alicyclic amines) is 1. The van der Waals surface area contributed by atoms with Crippen LogP contribution >= 0.6 is 0 Å². The van der Waals surface area contributed by atoms with E-state index in [0.29, 0.717) is 18.8 Å². The number of ether oxygens (including phenoxy) is 1. The molecule has 0 radical (unpaired) electrons. The summed E-state index contributed by atoms with van der Waals surface area (Å²) in [5.41, 5.74) is 0. The lowest BCUT2D eigenvalue weighted by Crippen LogP contribution is -2.48. The third-order valence-electron chi connectivity index (χ3n) is 3.45. The second-order valence-corrected chi connectivity index (χ2v) is 4.89. The van der Waals surface area contributed by atoms with E-state index in [1.54, 1.807) is 0 Å². The minimum atomic E-state index is -0.519. The molecule has 110 valence electrons. The first kappa shape index (κ1) is 14.5. The smallest absolute Gasteiger partial charge is 0.328 e. The Hall–Kier alpha value is -1.92. The van der Waals surface area contributed by atoms with Crippen LogP contribution in [0.3, 0.4) is 0 Å². The number of aromatic nitrogens is 3. The molecule has 1 unspecified atom stereocenters. The standard InChI is InChI=1S/C13H20N4O3/c1-3-6-10-14-11(16-15-10)12(18)17-8-5-4-7-9(17)13(19)20-2/h9H,3-8H2,1-2H3,(H,14,15,16). The Balaban J connectivity index is 2.14. The number of amides is 1. The molecule has 1 fully saturated rings. The average Bonchev–Trinajstić information content (AvgIpc) is 2.94. The van der Waals surface area contributed by atoms with E-state index in [-0.39, 0.29) is 17.7 Å². The zero-order valence-electron chi connectivity index (χ0n) is 11.9. The molecule has 0 spiro atoms. The molecule has 0 aliphatic carbocycles. The first-order valence-electron chi connectivity index (χ1n) is 6.97. The van der Waals surface area contributed by atoms with Crippen molar-refractivity contribution in [2.75, 3.05) is 13.7 Å². The largest absolute Gasteiger partial charge is 0.467 e. The molecule has 1 aromatic rings. The molecule has 1 N–H and O–H groups in total. The fourth-order valence-electron chi connectivity index (χ4n) is 2.42. The number of carbonyl (C=O) groups is 2. The molecule has 0 aromatic carbocycles. The van der Waals surface area contributed by atoms with Crippen molar-refractivity contribution in [3.8, 4) is 0 Å². The van der Waals surface area contributed by atoms with Crippen LogP contribution in [0.15, 0.2) is 0 Å². The van der Waals surface area contributed by atoms with Gasteiger partial charge in [-0.1, -0.05) is 6.92 Å². The van der Waals surface area contributed by atoms with E-state index in [2.05, 4.69) is 15.2 Å². The number of methoxy groups -OCH3 is 1. The van der Waals surface area contributed by atoms with Crippen molar-refractivity contribution < 1.29 is 14.3 Å². The molecule has 0 saturated carbocycles. The molecule has 1 aromatic heterocycles. The van der Waals surface area contributed by atoms with Crippen LogP contribution in [0.4, 0.5) is 0 Å². The Labute approximate surface area is 117 Å². The molecule has 1 amide bonds. The second kappa shape index (κ2) is 6.49. The average molecular weight is 280 g/mol. The summed E-state index contributed by atoms with van der Waals surface area (Å²) in [6.45, 7) is 2.57. The lowest BCUT2D eigenvalue weighted by atomic mass is 10.0. The Morgan fingerprint density at radius 2 is 2.25 bits per heavy atom. The Morgan fingerprint density at radius 1 is 1.45 bits per heavy atom. The number of rotatable bonds is 4. The van der Waals surface area contributed by atoms with E-state index < -0.39 is 6.04 Å². The van der Waals surface area contributed by atoms with Crippen LogP contribution in [0.25, 0.3) is 0 Å². The molecule has 1 aliphatic rings. The predicted molar refractivity (Wildman–Crippen MR) is 71.1 cm³/mol. The Bertz CT molecular complexity index is 486. The van der Waals surface area contributed by atoms with Crippen LogP contribution in [0.5, 0.6) is 0 Å². The van der Waals surface area contributed by atoms with Gasteiger partial charge in [-0.25, -0.2) is 9.78 Å². The van der Waals surface area contributed by atoms with E-state index in [9.17, 15) is 9.59 Å². The highest BCUT2D eigenvalue weighted by atomic mass is 16.5. The number of aromatic amines is 1. The van der Waals surface area contributed by atoms with Gasteiger partial charge >= 0.3 is 5.97 Å². The Morgan fingerprint density at radius 3 is 2.95 bits per heavy atom. The number of hydrogen-bond acceptors (Lipinski definition) is 5.